The second kappa shape index (κ2) is 5.58. The molecule has 1 aromatic carbocycles. The van der Waals surface area contributed by atoms with Crippen LogP contribution in [0.25, 0.3) is 0 Å². The number of nitrogens with two attached hydrogens (primary N) is 2. The molecule has 6 heteroatoms. The van der Waals surface area contributed by atoms with Crippen molar-refractivity contribution >= 4 is 33.2 Å². The number of carbonyl (C=O) groups excluding carboxylic acids is 1. The molecule has 0 atom stereocenters. The summed E-state index contributed by atoms with van der Waals surface area (Å²) in [4.78, 5) is 11.3. The minimum Gasteiger partial charge on any atom is -0.398 e. The minimum absolute atomic E-state index is 0.275. The molecule has 0 radical (unpaired) electrons. The van der Waals surface area contributed by atoms with E-state index in [4.69, 9.17) is 16.2 Å². The summed E-state index contributed by atoms with van der Waals surface area (Å²) >= 11 is 3.40. The highest BCUT2D eigenvalue weighted by Gasteiger charge is 2.19. The number of amides is 1. The van der Waals surface area contributed by atoms with Crippen LogP contribution < -0.4 is 16.8 Å². The van der Waals surface area contributed by atoms with E-state index in [1.165, 1.54) is 0 Å². The number of ether oxygens (including phenoxy) is 1. The molecule has 5 N–H and O–H groups in total. The Morgan fingerprint density at radius 3 is 2.61 bits per heavy atom. The first-order valence-electron chi connectivity index (χ1n) is 5.43. The van der Waals surface area contributed by atoms with Gasteiger partial charge in [-0.15, -0.1) is 0 Å². The second-order valence-corrected chi connectivity index (χ2v) is 5.58. The van der Waals surface area contributed by atoms with Gasteiger partial charge in [-0.05, 0) is 41.9 Å². The number of halogens is 1. The number of carbonyl (C=O) groups is 1. The van der Waals surface area contributed by atoms with Crippen molar-refractivity contribution in [1.82, 2.24) is 0 Å². The molecule has 5 nitrogen and oxygen atoms in total. The van der Waals surface area contributed by atoms with Gasteiger partial charge in [-0.25, -0.2) is 0 Å². The molecule has 0 aliphatic heterocycles. The van der Waals surface area contributed by atoms with Gasteiger partial charge in [-0.2, -0.15) is 0 Å². The van der Waals surface area contributed by atoms with Gasteiger partial charge in [0.05, 0.1) is 17.7 Å². The summed E-state index contributed by atoms with van der Waals surface area (Å²) in [7, 11) is 1.64. The standard InChI is InChI=1S/C12H18BrN3O2/c1-12(2,6-18-3)16-10-4-7(11(15)17)9(14)5-8(10)13/h4-5,16H,6,14H2,1-3H3,(H2,15,17). The third-order valence-corrected chi connectivity index (χ3v) is 3.04. The highest BCUT2D eigenvalue weighted by molar-refractivity contribution is 9.10. The monoisotopic (exact) mass is 315 g/mol. The van der Waals surface area contributed by atoms with Gasteiger partial charge in [0.25, 0.3) is 5.91 Å². The van der Waals surface area contributed by atoms with Gasteiger partial charge in [0.15, 0.2) is 0 Å². The lowest BCUT2D eigenvalue weighted by Crippen LogP contribution is -2.36. The van der Waals surface area contributed by atoms with Crippen LogP contribution in [0.3, 0.4) is 0 Å². The Kier molecular flexibility index (Phi) is 4.59. The largest absolute Gasteiger partial charge is 0.398 e. The predicted octanol–water partition coefficient (Wildman–Crippen LogP) is 1.97. The molecule has 0 heterocycles. The average Bonchev–Trinajstić information content (AvgIpc) is 2.21. The van der Waals surface area contributed by atoms with Crippen LogP contribution in [0.15, 0.2) is 16.6 Å². The van der Waals surface area contributed by atoms with Crippen LogP contribution in [0, 0.1) is 0 Å². The van der Waals surface area contributed by atoms with Crippen molar-refractivity contribution < 1.29 is 9.53 Å². The van der Waals surface area contributed by atoms with Gasteiger partial charge < -0.3 is 21.5 Å². The number of nitrogens with one attached hydrogen (secondary N) is 1. The van der Waals surface area contributed by atoms with Crippen LogP contribution in [0.5, 0.6) is 0 Å². The number of rotatable bonds is 5. The number of primary amides is 1. The molecular weight excluding hydrogens is 298 g/mol. The number of anilines is 2. The summed E-state index contributed by atoms with van der Waals surface area (Å²) in [5.41, 5.74) is 12.1. The molecule has 1 rings (SSSR count). The summed E-state index contributed by atoms with van der Waals surface area (Å²) in [6.07, 6.45) is 0. The van der Waals surface area contributed by atoms with Gasteiger partial charge >= 0.3 is 0 Å². The van der Waals surface area contributed by atoms with Crippen molar-refractivity contribution in [2.45, 2.75) is 19.4 Å². The zero-order valence-electron chi connectivity index (χ0n) is 10.7. The summed E-state index contributed by atoms with van der Waals surface area (Å²) < 4.78 is 5.90. The molecule has 1 aromatic rings. The maximum atomic E-state index is 11.3. The fourth-order valence-corrected chi connectivity index (χ4v) is 2.12. The number of benzene rings is 1. The normalized spacial score (nSPS) is 11.3. The fraction of sp³-hybridized carbons (Fsp3) is 0.417. The van der Waals surface area contributed by atoms with Crippen LogP contribution in [0.4, 0.5) is 11.4 Å². The quantitative estimate of drug-likeness (QED) is 0.724. The summed E-state index contributed by atoms with van der Waals surface area (Å²) in [5, 5.41) is 3.27. The van der Waals surface area contributed by atoms with Gasteiger partial charge in [0, 0.05) is 23.0 Å². The number of hydrogen-bond donors (Lipinski definition) is 3. The topological polar surface area (TPSA) is 90.4 Å². The predicted molar refractivity (Wildman–Crippen MR) is 76.7 cm³/mol. The van der Waals surface area contributed by atoms with E-state index in [0.717, 1.165) is 10.2 Å². The summed E-state index contributed by atoms with van der Waals surface area (Å²) in [5.74, 6) is -0.549. The molecule has 1 amide bonds. The number of nitrogen functional groups attached to an aromatic ring is 1. The van der Waals surface area contributed by atoms with Crippen molar-refractivity contribution in [3.05, 3.63) is 22.2 Å². The van der Waals surface area contributed by atoms with Gasteiger partial charge in [0.1, 0.15) is 0 Å². The highest BCUT2D eigenvalue weighted by Crippen LogP contribution is 2.30. The van der Waals surface area contributed by atoms with E-state index in [2.05, 4.69) is 21.2 Å². The number of hydrogen-bond acceptors (Lipinski definition) is 4. The van der Waals surface area contributed by atoms with Crippen molar-refractivity contribution in [3.63, 3.8) is 0 Å². The molecule has 18 heavy (non-hydrogen) atoms. The average molecular weight is 316 g/mol. The van der Waals surface area contributed by atoms with E-state index >= 15 is 0 Å². The molecule has 0 fully saturated rings. The highest BCUT2D eigenvalue weighted by atomic mass is 79.9. The molecule has 0 aliphatic rings. The molecule has 0 spiro atoms. The molecular formula is C12H18BrN3O2. The fourth-order valence-electron chi connectivity index (χ4n) is 1.66. The minimum atomic E-state index is -0.549. The van der Waals surface area contributed by atoms with E-state index in [0.29, 0.717) is 17.9 Å². The van der Waals surface area contributed by atoms with Crippen molar-refractivity contribution in [1.29, 1.82) is 0 Å². The van der Waals surface area contributed by atoms with E-state index in [1.54, 1.807) is 19.2 Å². The number of methoxy groups -OCH3 is 1. The Bertz CT molecular complexity index is 461. The Labute approximate surface area is 115 Å². The maximum Gasteiger partial charge on any atom is 0.250 e. The molecule has 0 saturated carbocycles. The van der Waals surface area contributed by atoms with E-state index < -0.39 is 5.91 Å². The third-order valence-electron chi connectivity index (χ3n) is 2.38. The smallest absolute Gasteiger partial charge is 0.250 e. The first-order chi connectivity index (χ1) is 8.26. The first-order valence-corrected chi connectivity index (χ1v) is 6.22. The van der Waals surface area contributed by atoms with Gasteiger partial charge in [0.2, 0.25) is 0 Å². The molecule has 0 aromatic heterocycles. The Hall–Kier alpha value is -1.27. The Morgan fingerprint density at radius 1 is 1.50 bits per heavy atom. The van der Waals surface area contributed by atoms with E-state index in [1.807, 2.05) is 13.8 Å². The molecule has 0 aliphatic carbocycles. The van der Waals surface area contributed by atoms with E-state index in [-0.39, 0.29) is 5.54 Å². The molecule has 0 saturated heterocycles. The SMILES string of the molecule is COCC(C)(C)Nc1cc(C(N)=O)c(N)cc1Br. The van der Waals surface area contributed by atoms with Crippen LogP contribution >= 0.6 is 15.9 Å². The van der Waals surface area contributed by atoms with Crippen LogP contribution in [-0.4, -0.2) is 25.2 Å². The molecule has 100 valence electrons. The lowest BCUT2D eigenvalue weighted by Gasteiger charge is -2.27. The summed E-state index contributed by atoms with van der Waals surface area (Å²) in [6.45, 7) is 4.50. The van der Waals surface area contributed by atoms with Crippen molar-refractivity contribution in [3.8, 4) is 0 Å². The van der Waals surface area contributed by atoms with Crippen molar-refractivity contribution in [2.24, 2.45) is 5.73 Å². The third kappa shape index (κ3) is 3.61. The second-order valence-electron chi connectivity index (χ2n) is 4.73. The summed E-state index contributed by atoms with van der Waals surface area (Å²) in [6, 6.07) is 3.30. The van der Waals surface area contributed by atoms with Gasteiger partial charge in [-0.3, -0.25) is 4.79 Å². The van der Waals surface area contributed by atoms with Gasteiger partial charge in [-0.1, -0.05) is 0 Å². The zero-order valence-corrected chi connectivity index (χ0v) is 12.3. The lowest BCUT2D eigenvalue weighted by molar-refractivity contribution is 0.100. The van der Waals surface area contributed by atoms with Crippen LogP contribution in [0.1, 0.15) is 24.2 Å². The van der Waals surface area contributed by atoms with E-state index in [9.17, 15) is 4.79 Å². The molecule has 0 bridgehead atoms. The maximum absolute atomic E-state index is 11.3. The molecule has 0 unspecified atom stereocenters. The zero-order chi connectivity index (χ0) is 13.9. The Balaban J connectivity index is 3.09. The first kappa shape index (κ1) is 14.8. The van der Waals surface area contributed by atoms with Crippen LogP contribution in [-0.2, 0) is 4.74 Å². The van der Waals surface area contributed by atoms with Crippen LogP contribution in [0.2, 0.25) is 0 Å². The van der Waals surface area contributed by atoms with Crippen molar-refractivity contribution in [2.75, 3.05) is 24.8 Å². The lowest BCUT2D eigenvalue weighted by atomic mass is 10.1. The Morgan fingerprint density at radius 2 is 2.11 bits per heavy atom.